The van der Waals surface area contributed by atoms with E-state index in [4.69, 9.17) is 5.73 Å². The van der Waals surface area contributed by atoms with Crippen LogP contribution in [0, 0.1) is 0 Å². The zero-order valence-corrected chi connectivity index (χ0v) is 14.2. The molecular formula is C18H19N3O2S. The van der Waals surface area contributed by atoms with Gasteiger partial charge in [-0.25, -0.2) is 13.4 Å². The predicted molar refractivity (Wildman–Crippen MR) is 95.9 cm³/mol. The van der Waals surface area contributed by atoms with Crippen molar-refractivity contribution in [1.82, 2.24) is 9.29 Å². The summed E-state index contributed by atoms with van der Waals surface area (Å²) < 4.78 is 27.4. The van der Waals surface area contributed by atoms with Crippen LogP contribution < -0.4 is 5.73 Å². The number of nitrogen functional groups attached to an aromatic ring is 1. The van der Waals surface area contributed by atoms with Gasteiger partial charge in [0.05, 0.1) is 10.4 Å². The van der Waals surface area contributed by atoms with Gasteiger partial charge in [-0.3, -0.25) is 0 Å². The fraction of sp³-hybridized carbons (Fsp3) is 0.167. The Morgan fingerprint density at radius 1 is 1.04 bits per heavy atom. The molecule has 2 N–H and O–H groups in total. The minimum absolute atomic E-state index is 0.263. The number of anilines is 1. The van der Waals surface area contributed by atoms with E-state index < -0.39 is 10.0 Å². The third kappa shape index (κ3) is 3.25. The lowest BCUT2D eigenvalue weighted by molar-refractivity contribution is 0.423. The van der Waals surface area contributed by atoms with Crippen LogP contribution in [-0.4, -0.2) is 24.3 Å². The first-order valence-corrected chi connectivity index (χ1v) is 9.15. The summed E-state index contributed by atoms with van der Waals surface area (Å²) in [5, 5.41) is 0.751. The maximum Gasteiger partial charge on any atom is 0.243 e. The van der Waals surface area contributed by atoms with Gasteiger partial charge in [0.1, 0.15) is 5.82 Å². The summed E-state index contributed by atoms with van der Waals surface area (Å²) in [4.78, 5) is 4.46. The zero-order valence-electron chi connectivity index (χ0n) is 13.4. The van der Waals surface area contributed by atoms with Crippen LogP contribution in [-0.2, 0) is 16.6 Å². The summed E-state index contributed by atoms with van der Waals surface area (Å²) >= 11 is 0. The highest BCUT2D eigenvalue weighted by Crippen LogP contribution is 2.23. The van der Waals surface area contributed by atoms with Crippen molar-refractivity contribution < 1.29 is 8.42 Å². The summed E-state index contributed by atoms with van der Waals surface area (Å²) in [5.41, 5.74) is 7.30. The molecule has 0 fully saturated rings. The van der Waals surface area contributed by atoms with Crippen molar-refractivity contribution >= 4 is 26.7 Å². The first-order valence-electron chi connectivity index (χ1n) is 7.71. The fourth-order valence-electron chi connectivity index (χ4n) is 2.58. The molecule has 0 amide bonds. The number of hydrogen-bond acceptors (Lipinski definition) is 4. The Bertz CT molecular complexity index is 956. The van der Waals surface area contributed by atoms with E-state index >= 15 is 0 Å². The largest absolute Gasteiger partial charge is 0.384 e. The highest BCUT2D eigenvalue weighted by molar-refractivity contribution is 7.89. The van der Waals surface area contributed by atoms with Gasteiger partial charge in [0.25, 0.3) is 0 Å². The van der Waals surface area contributed by atoms with Gasteiger partial charge in [-0.15, -0.1) is 0 Å². The maximum atomic E-state index is 13.0. The summed E-state index contributed by atoms with van der Waals surface area (Å²) in [7, 11) is -3.58. The minimum atomic E-state index is -3.58. The molecule has 0 saturated carbocycles. The van der Waals surface area contributed by atoms with Crippen molar-refractivity contribution in [2.24, 2.45) is 0 Å². The number of aromatic nitrogens is 1. The molecular weight excluding hydrogens is 322 g/mol. The lowest BCUT2D eigenvalue weighted by Crippen LogP contribution is -2.30. The SMILES string of the molecule is CCN(Cc1ccccc1)S(=O)(=O)c1ccc2nc(N)ccc2c1. The molecule has 0 aliphatic rings. The predicted octanol–water partition coefficient (Wildman–Crippen LogP) is 3.03. The summed E-state index contributed by atoms with van der Waals surface area (Å²) in [5.74, 6) is 0.414. The van der Waals surface area contributed by atoms with E-state index in [9.17, 15) is 8.42 Å². The van der Waals surface area contributed by atoms with Gasteiger partial charge >= 0.3 is 0 Å². The first-order chi connectivity index (χ1) is 11.5. The van der Waals surface area contributed by atoms with Crippen molar-refractivity contribution in [2.45, 2.75) is 18.4 Å². The monoisotopic (exact) mass is 341 g/mol. The number of fused-ring (bicyclic) bond motifs is 1. The molecule has 1 aromatic heterocycles. The molecule has 6 heteroatoms. The van der Waals surface area contributed by atoms with Crippen LogP contribution in [0.1, 0.15) is 12.5 Å². The molecule has 0 spiro atoms. The number of benzene rings is 2. The third-order valence-corrected chi connectivity index (χ3v) is 5.79. The van der Waals surface area contributed by atoms with Gasteiger partial charge in [0.15, 0.2) is 0 Å². The second-order valence-electron chi connectivity index (χ2n) is 5.51. The van der Waals surface area contributed by atoms with Crippen molar-refractivity contribution in [3.8, 4) is 0 Å². The van der Waals surface area contributed by atoms with E-state index in [-0.39, 0.29) is 4.90 Å². The molecule has 3 aromatic rings. The van der Waals surface area contributed by atoms with E-state index in [2.05, 4.69) is 4.98 Å². The molecule has 24 heavy (non-hydrogen) atoms. The summed E-state index contributed by atoms with van der Waals surface area (Å²) in [6, 6.07) is 17.9. The van der Waals surface area contributed by atoms with Crippen LogP contribution in [0.3, 0.4) is 0 Å². The van der Waals surface area contributed by atoms with Crippen LogP contribution in [0.15, 0.2) is 65.6 Å². The number of pyridine rings is 1. The lowest BCUT2D eigenvalue weighted by Gasteiger charge is -2.21. The summed E-state index contributed by atoms with van der Waals surface area (Å²) in [6.07, 6.45) is 0. The molecule has 0 atom stereocenters. The highest BCUT2D eigenvalue weighted by atomic mass is 32.2. The van der Waals surface area contributed by atoms with Gasteiger partial charge in [-0.1, -0.05) is 37.3 Å². The molecule has 2 aromatic carbocycles. The third-order valence-electron chi connectivity index (χ3n) is 3.87. The van der Waals surface area contributed by atoms with E-state index in [1.54, 1.807) is 30.3 Å². The average Bonchev–Trinajstić information content (AvgIpc) is 2.59. The van der Waals surface area contributed by atoms with Crippen molar-refractivity contribution in [1.29, 1.82) is 0 Å². The molecule has 0 radical (unpaired) electrons. The molecule has 3 rings (SSSR count). The molecule has 0 unspecified atom stereocenters. The standard InChI is InChI=1S/C18H19N3O2S/c1-2-21(13-14-6-4-3-5-7-14)24(22,23)16-9-10-17-15(12-16)8-11-18(19)20-17/h3-12H,2,13H2,1H3,(H2,19,20). The quantitative estimate of drug-likeness (QED) is 0.774. The highest BCUT2D eigenvalue weighted by Gasteiger charge is 2.23. The maximum absolute atomic E-state index is 13.0. The van der Waals surface area contributed by atoms with Crippen molar-refractivity contribution in [3.63, 3.8) is 0 Å². The molecule has 0 saturated heterocycles. The van der Waals surface area contributed by atoms with E-state index in [1.165, 1.54) is 4.31 Å². The second kappa shape index (κ2) is 6.59. The topological polar surface area (TPSA) is 76.3 Å². The van der Waals surface area contributed by atoms with Crippen LogP contribution in [0.25, 0.3) is 10.9 Å². The first kappa shape index (κ1) is 16.4. The Labute approximate surface area is 141 Å². The lowest BCUT2D eigenvalue weighted by atomic mass is 10.2. The Balaban J connectivity index is 1.97. The van der Waals surface area contributed by atoms with Crippen molar-refractivity contribution in [3.05, 3.63) is 66.2 Å². The zero-order chi connectivity index (χ0) is 17.2. The Morgan fingerprint density at radius 2 is 1.79 bits per heavy atom. The molecule has 1 heterocycles. The Kier molecular flexibility index (Phi) is 4.51. The van der Waals surface area contributed by atoms with Crippen LogP contribution >= 0.6 is 0 Å². The average molecular weight is 341 g/mol. The van der Waals surface area contributed by atoms with E-state index in [0.29, 0.717) is 24.4 Å². The molecule has 0 aliphatic heterocycles. The van der Waals surface area contributed by atoms with E-state index in [1.807, 2.05) is 37.3 Å². The van der Waals surface area contributed by atoms with Gasteiger partial charge in [-0.05, 0) is 35.9 Å². The van der Waals surface area contributed by atoms with Crippen LogP contribution in [0.2, 0.25) is 0 Å². The number of rotatable bonds is 5. The smallest absolute Gasteiger partial charge is 0.243 e. The molecule has 5 nitrogen and oxygen atoms in total. The summed E-state index contributed by atoms with van der Waals surface area (Å²) in [6.45, 7) is 2.58. The molecule has 0 aliphatic carbocycles. The van der Waals surface area contributed by atoms with Crippen molar-refractivity contribution in [2.75, 3.05) is 12.3 Å². The molecule has 124 valence electrons. The van der Waals surface area contributed by atoms with Crippen LogP contribution in [0.4, 0.5) is 5.82 Å². The van der Waals surface area contributed by atoms with Gasteiger partial charge in [0.2, 0.25) is 10.0 Å². The number of nitrogens with two attached hydrogens (primary N) is 1. The number of sulfonamides is 1. The Morgan fingerprint density at radius 3 is 2.50 bits per heavy atom. The molecule has 0 bridgehead atoms. The normalized spacial score (nSPS) is 11.9. The minimum Gasteiger partial charge on any atom is -0.384 e. The second-order valence-corrected chi connectivity index (χ2v) is 7.45. The van der Waals surface area contributed by atoms with Gasteiger partial charge in [0, 0.05) is 18.5 Å². The van der Waals surface area contributed by atoms with Crippen LogP contribution in [0.5, 0.6) is 0 Å². The van der Waals surface area contributed by atoms with Gasteiger partial charge < -0.3 is 5.73 Å². The number of nitrogens with zero attached hydrogens (tertiary/aromatic N) is 2. The Hall–Kier alpha value is -2.44. The fourth-order valence-corrected chi connectivity index (χ4v) is 4.06. The number of hydrogen-bond donors (Lipinski definition) is 1. The van der Waals surface area contributed by atoms with Gasteiger partial charge in [-0.2, -0.15) is 4.31 Å². The van der Waals surface area contributed by atoms with E-state index in [0.717, 1.165) is 10.9 Å².